The summed E-state index contributed by atoms with van der Waals surface area (Å²) < 4.78 is 2.18. The van der Waals surface area contributed by atoms with Crippen molar-refractivity contribution in [2.45, 2.75) is 19.4 Å². The Morgan fingerprint density at radius 3 is 2.78 bits per heavy atom. The lowest BCUT2D eigenvalue weighted by Crippen LogP contribution is -2.37. The van der Waals surface area contributed by atoms with Gasteiger partial charge in [0.25, 0.3) is 0 Å². The minimum Gasteiger partial charge on any atom is -0.479 e. The van der Waals surface area contributed by atoms with Crippen LogP contribution in [0.1, 0.15) is 13.8 Å². The zero-order valence-corrected chi connectivity index (χ0v) is 11.4. The summed E-state index contributed by atoms with van der Waals surface area (Å²) in [5.74, 6) is -0.574. The number of hydrogen-bond donors (Lipinski definition) is 1. The molecule has 94 valence electrons. The van der Waals surface area contributed by atoms with E-state index < -0.39 is 11.5 Å². The number of rotatable bonds is 3. The molecular formula is C11H11BrN4O2. The van der Waals surface area contributed by atoms with Gasteiger partial charge in [0, 0.05) is 10.0 Å². The molecule has 0 bridgehead atoms. The van der Waals surface area contributed by atoms with Gasteiger partial charge in [-0.25, -0.2) is 9.48 Å². The van der Waals surface area contributed by atoms with Crippen LogP contribution in [-0.2, 0) is 10.3 Å². The first kappa shape index (κ1) is 12.7. The summed E-state index contributed by atoms with van der Waals surface area (Å²) in [6.07, 6.45) is 0. The van der Waals surface area contributed by atoms with Crippen molar-refractivity contribution in [1.29, 1.82) is 0 Å². The van der Waals surface area contributed by atoms with Gasteiger partial charge in [-0.1, -0.05) is 28.1 Å². The first-order valence-electron chi connectivity index (χ1n) is 5.21. The highest BCUT2D eigenvalue weighted by atomic mass is 79.9. The van der Waals surface area contributed by atoms with Gasteiger partial charge in [-0.3, -0.25) is 0 Å². The molecule has 0 atom stereocenters. The smallest absolute Gasteiger partial charge is 0.331 e. The van der Waals surface area contributed by atoms with E-state index in [4.69, 9.17) is 0 Å². The van der Waals surface area contributed by atoms with Gasteiger partial charge in [0.2, 0.25) is 0 Å². The Morgan fingerprint density at radius 1 is 1.44 bits per heavy atom. The molecule has 0 saturated heterocycles. The van der Waals surface area contributed by atoms with E-state index >= 15 is 0 Å². The zero-order chi connectivity index (χ0) is 13.3. The van der Waals surface area contributed by atoms with Crippen molar-refractivity contribution in [2.24, 2.45) is 0 Å². The van der Waals surface area contributed by atoms with E-state index in [-0.39, 0.29) is 0 Å². The minimum atomic E-state index is -1.21. The van der Waals surface area contributed by atoms with Crippen LogP contribution in [0.3, 0.4) is 0 Å². The number of tetrazole rings is 1. The lowest BCUT2D eigenvalue weighted by Gasteiger charge is -2.20. The minimum absolute atomic E-state index is 0.420. The number of hydrogen-bond acceptors (Lipinski definition) is 4. The number of aliphatic carboxylic acids is 1. The summed E-state index contributed by atoms with van der Waals surface area (Å²) in [5.41, 5.74) is -0.454. The molecule has 18 heavy (non-hydrogen) atoms. The van der Waals surface area contributed by atoms with Gasteiger partial charge in [0.1, 0.15) is 0 Å². The number of halogens is 1. The molecular weight excluding hydrogens is 300 g/mol. The molecule has 0 fully saturated rings. The molecule has 0 amide bonds. The Bertz CT molecular complexity index is 594. The average molecular weight is 311 g/mol. The van der Waals surface area contributed by atoms with Crippen molar-refractivity contribution in [3.8, 4) is 11.4 Å². The highest BCUT2D eigenvalue weighted by Gasteiger charge is 2.33. The third-order valence-corrected chi connectivity index (χ3v) is 3.10. The van der Waals surface area contributed by atoms with Crippen molar-refractivity contribution >= 4 is 21.9 Å². The molecule has 1 aromatic heterocycles. The average Bonchev–Trinajstić information content (AvgIpc) is 2.78. The number of nitrogens with zero attached hydrogens (tertiary/aromatic N) is 4. The maximum atomic E-state index is 11.2. The van der Waals surface area contributed by atoms with Crippen molar-refractivity contribution in [2.75, 3.05) is 0 Å². The first-order valence-corrected chi connectivity index (χ1v) is 6.00. The third-order valence-electron chi connectivity index (χ3n) is 2.61. The molecule has 0 radical (unpaired) electrons. The molecule has 0 unspecified atom stereocenters. The van der Waals surface area contributed by atoms with Crippen molar-refractivity contribution in [3.05, 3.63) is 28.7 Å². The Balaban J connectivity index is 2.55. The van der Waals surface area contributed by atoms with Crippen LogP contribution in [0.15, 0.2) is 28.7 Å². The monoisotopic (exact) mass is 310 g/mol. The number of carboxylic acid groups (broad SMARTS) is 1. The van der Waals surface area contributed by atoms with Crippen LogP contribution >= 0.6 is 15.9 Å². The summed E-state index contributed by atoms with van der Waals surface area (Å²) in [4.78, 5) is 11.2. The van der Waals surface area contributed by atoms with Crippen molar-refractivity contribution < 1.29 is 9.90 Å². The van der Waals surface area contributed by atoms with Crippen LogP contribution in [0, 0.1) is 0 Å². The van der Waals surface area contributed by atoms with E-state index in [2.05, 4.69) is 31.5 Å². The van der Waals surface area contributed by atoms with Gasteiger partial charge in [-0.15, -0.1) is 5.10 Å². The van der Waals surface area contributed by atoms with E-state index in [9.17, 15) is 9.90 Å². The Labute approximate surface area is 112 Å². The van der Waals surface area contributed by atoms with Gasteiger partial charge in [-0.2, -0.15) is 0 Å². The van der Waals surface area contributed by atoms with E-state index in [1.165, 1.54) is 4.68 Å². The van der Waals surface area contributed by atoms with Crippen molar-refractivity contribution in [1.82, 2.24) is 20.2 Å². The number of carbonyl (C=O) groups is 1. The fourth-order valence-electron chi connectivity index (χ4n) is 1.46. The predicted molar refractivity (Wildman–Crippen MR) is 67.9 cm³/mol. The van der Waals surface area contributed by atoms with Crippen LogP contribution in [-0.4, -0.2) is 31.3 Å². The maximum absolute atomic E-state index is 11.2. The van der Waals surface area contributed by atoms with Gasteiger partial charge in [0.05, 0.1) is 0 Å². The van der Waals surface area contributed by atoms with Crippen LogP contribution in [0.4, 0.5) is 0 Å². The number of carboxylic acids is 1. The molecule has 0 aliphatic carbocycles. The molecule has 1 N–H and O–H groups in total. The molecule has 0 aliphatic rings. The maximum Gasteiger partial charge on any atom is 0.331 e. The summed E-state index contributed by atoms with van der Waals surface area (Å²) in [6.45, 7) is 3.10. The van der Waals surface area contributed by atoms with E-state index in [0.29, 0.717) is 5.82 Å². The molecule has 6 nitrogen and oxygen atoms in total. The normalized spacial score (nSPS) is 11.5. The quantitative estimate of drug-likeness (QED) is 0.936. The molecule has 0 aliphatic heterocycles. The van der Waals surface area contributed by atoms with Gasteiger partial charge < -0.3 is 5.11 Å². The summed E-state index contributed by atoms with van der Waals surface area (Å²) in [5, 5.41) is 20.4. The largest absolute Gasteiger partial charge is 0.479 e. The van der Waals surface area contributed by atoms with E-state index in [0.717, 1.165) is 10.0 Å². The molecule has 2 rings (SSSR count). The zero-order valence-electron chi connectivity index (χ0n) is 9.83. The Morgan fingerprint density at radius 2 is 2.17 bits per heavy atom. The van der Waals surface area contributed by atoms with Crippen LogP contribution in [0.5, 0.6) is 0 Å². The highest BCUT2D eigenvalue weighted by molar-refractivity contribution is 9.10. The second kappa shape index (κ2) is 4.49. The van der Waals surface area contributed by atoms with Gasteiger partial charge in [0.15, 0.2) is 11.4 Å². The first-order chi connectivity index (χ1) is 8.43. The summed E-state index contributed by atoms with van der Waals surface area (Å²) >= 11 is 3.36. The fourth-order valence-corrected chi connectivity index (χ4v) is 1.86. The molecule has 1 aromatic carbocycles. The number of benzene rings is 1. The Hall–Kier alpha value is -1.76. The van der Waals surface area contributed by atoms with Crippen molar-refractivity contribution in [3.63, 3.8) is 0 Å². The molecule has 0 spiro atoms. The lowest BCUT2D eigenvalue weighted by molar-refractivity contribution is -0.146. The Kier molecular flexibility index (Phi) is 3.16. The highest BCUT2D eigenvalue weighted by Crippen LogP contribution is 2.25. The fraction of sp³-hybridized carbons (Fsp3) is 0.273. The van der Waals surface area contributed by atoms with E-state index in [1.807, 2.05) is 24.3 Å². The number of aromatic nitrogens is 4. The standard InChI is InChI=1S/C11H11BrN4O2/c1-11(2,10(17)18)16-9(13-14-15-16)7-4-3-5-8(12)6-7/h3-6H,1-2H3,(H,17,18). The topological polar surface area (TPSA) is 80.9 Å². The van der Waals surface area contributed by atoms with Crippen LogP contribution < -0.4 is 0 Å². The molecule has 2 aromatic rings. The predicted octanol–water partition coefficient (Wildman–Crippen LogP) is 1.92. The van der Waals surface area contributed by atoms with Gasteiger partial charge in [-0.05, 0) is 36.4 Å². The molecule has 0 saturated carbocycles. The summed E-state index contributed by atoms with van der Waals surface area (Å²) in [6, 6.07) is 7.37. The third kappa shape index (κ3) is 2.13. The summed E-state index contributed by atoms with van der Waals surface area (Å²) in [7, 11) is 0. The molecule has 7 heteroatoms. The van der Waals surface area contributed by atoms with Crippen LogP contribution in [0.25, 0.3) is 11.4 Å². The SMILES string of the molecule is CC(C)(C(=O)O)n1nnnc1-c1cccc(Br)c1. The lowest BCUT2D eigenvalue weighted by atomic mass is 10.1. The second-order valence-electron chi connectivity index (χ2n) is 4.29. The second-order valence-corrected chi connectivity index (χ2v) is 5.20. The van der Waals surface area contributed by atoms with E-state index in [1.54, 1.807) is 13.8 Å². The van der Waals surface area contributed by atoms with Crippen LogP contribution in [0.2, 0.25) is 0 Å². The van der Waals surface area contributed by atoms with Gasteiger partial charge >= 0.3 is 5.97 Å². The molecule has 1 heterocycles.